The molecule has 2 nitrogen and oxygen atoms in total. The summed E-state index contributed by atoms with van der Waals surface area (Å²) in [7, 11) is 0. The number of nitrogens with zero attached hydrogens (tertiary/aromatic N) is 2. The van der Waals surface area contributed by atoms with E-state index in [1.807, 2.05) is 18.3 Å². The van der Waals surface area contributed by atoms with E-state index in [2.05, 4.69) is 47.5 Å². The maximum atomic E-state index is 4.45. The number of aromatic nitrogens is 1. The standard InChI is InChI=1S/C16H12N2/c1-3-11-6-8-14-13(15(11)17-2)9-7-12-5-4-10-18-16(12)14/h3-10H,1-2H2. The van der Waals surface area contributed by atoms with E-state index in [4.69, 9.17) is 0 Å². The van der Waals surface area contributed by atoms with Crippen molar-refractivity contribution in [2.45, 2.75) is 0 Å². The summed E-state index contributed by atoms with van der Waals surface area (Å²) in [4.78, 5) is 8.58. The number of benzene rings is 2. The minimum Gasteiger partial charge on any atom is -0.263 e. The van der Waals surface area contributed by atoms with E-state index < -0.39 is 0 Å². The van der Waals surface area contributed by atoms with Crippen LogP contribution < -0.4 is 0 Å². The highest BCUT2D eigenvalue weighted by molar-refractivity contribution is 6.10. The largest absolute Gasteiger partial charge is 0.263 e. The molecule has 0 unspecified atom stereocenters. The van der Waals surface area contributed by atoms with Crippen molar-refractivity contribution in [3.63, 3.8) is 0 Å². The van der Waals surface area contributed by atoms with Crippen molar-refractivity contribution >= 4 is 40.2 Å². The van der Waals surface area contributed by atoms with E-state index in [1.165, 1.54) is 0 Å². The average molecular weight is 232 g/mol. The molecule has 0 radical (unpaired) electrons. The first kappa shape index (κ1) is 10.7. The second-order valence-corrected chi connectivity index (χ2v) is 4.10. The van der Waals surface area contributed by atoms with Gasteiger partial charge in [-0.15, -0.1) is 0 Å². The lowest BCUT2D eigenvalue weighted by atomic mass is 10.0. The summed E-state index contributed by atoms with van der Waals surface area (Å²) in [6.07, 6.45) is 3.61. The van der Waals surface area contributed by atoms with E-state index in [9.17, 15) is 0 Å². The lowest BCUT2D eigenvalue weighted by Crippen LogP contribution is -1.83. The molecule has 0 spiro atoms. The number of hydrogen-bond donors (Lipinski definition) is 0. The number of rotatable bonds is 2. The molecule has 0 fully saturated rings. The van der Waals surface area contributed by atoms with Gasteiger partial charge >= 0.3 is 0 Å². The lowest BCUT2D eigenvalue weighted by molar-refractivity contribution is 1.43. The first-order valence-electron chi connectivity index (χ1n) is 5.75. The average Bonchev–Trinajstić information content (AvgIpc) is 2.45. The second-order valence-electron chi connectivity index (χ2n) is 4.10. The third-order valence-corrected chi connectivity index (χ3v) is 3.15. The molecule has 0 saturated carbocycles. The Morgan fingerprint density at radius 2 is 1.89 bits per heavy atom. The minimum atomic E-state index is 0.870. The SMILES string of the molecule is C=Cc1ccc2c(ccc3cccnc32)c1N=C. The van der Waals surface area contributed by atoms with Crippen LogP contribution in [-0.2, 0) is 0 Å². The third kappa shape index (κ3) is 1.43. The van der Waals surface area contributed by atoms with Crippen LogP contribution in [-0.4, -0.2) is 11.7 Å². The molecule has 3 rings (SSSR count). The molecule has 0 atom stereocenters. The van der Waals surface area contributed by atoms with E-state index in [0.29, 0.717) is 0 Å². The molecular formula is C16H12N2. The van der Waals surface area contributed by atoms with Crippen LogP contribution >= 0.6 is 0 Å². The Morgan fingerprint density at radius 1 is 1.06 bits per heavy atom. The van der Waals surface area contributed by atoms with Crippen LogP contribution in [0.4, 0.5) is 5.69 Å². The molecule has 0 saturated heterocycles. The molecule has 2 aromatic carbocycles. The molecule has 0 N–H and O–H groups in total. The van der Waals surface area contributed by atoms with Gasteiger partial charge in [0, 0.05) is 27.9 Å². The van der Waals surface area contributed by atoms with E-state index >= 15 is 0 Å². The maximum absolute atomic E-state index is 4.45. The molecule has 1 heterocycles. The summed E-state index contributed by atoms with van der Waals surface area (Å²) in [5.74, 6) is 0. The summed E-state index contributed by atoms with van der Waals surface area (Å²) in [6, 6.07) is 12.2. The minimum absolute atomic E-state index is 0.870. The van der Waals surface area contributed by atoms with Crippen molar-refractivity contribution in [3.8, 4) is 0 Å². The van der Waals surface area contributed by atoms with Gasteiger partial charge in [-0.3, -0.25) is 9.98 Å². The van der Waals surface area contributed by atoms with Crippen LogP contribution in [0.5, 0.6) is 0 Å². The topological polar surface area (TPSA) is 25.2 Å². The van der Waals surface area contributed by atoms with Crippen molar-refractivity contribution in [1.82, 2.24) is 4.98 Å². The normalized spacial score (nSPS) is 10.7. The summed E-state index contributed by atoms with van der Waals surface area (Å²) < 4.78 is 0. The fourth-order valence-corrected chi connectivity index (χ4v) is 2.29. The predicted octanol–water partition coefficient (Wildman–Crippen LogP) is 4.36. The highest BCUT2D eigenvalue weighted by Crippen LogP contribution is 2.33. The van der Waals surface area contributed by atoms with E-state index in [-0.39, 0.29) is 0 Å². The summed E-state index contributed by atoms with van der Waals surface area (Å²) in [6.45, 7) is 7.46. The molecule has 2 heteroatoms. The van der Waals surface area contributed by atoms with Gasteiger partial charge in [0.2, 0.25) is 0 Å². The highest BCUT2D eigenvalue weighted by atomic mass is 14.7. The molecular weight excluding hydrogens is 220 g/mol. The molecule has 86 valence electrons. The highest BCUT2D eigenvalue weighted by Gasteiger charge is 2.07. The lowest BCUT2D eigenvalue weighted by Gasteiger charge is -2.08. The summed E-state index contributed by atoms with van der Waals surface area (Å²) >= 11 is 0. The zero-order valence-electron chi connectivity index (χ0n) is 9.93. The second kappa shape index (κ2) is 4.08. The van der Waals surface area contributed by atoms with Crippen molar-refractivity contribution in [3.05, 3.63) is 54.7 Å². The number of aliphatic imine (C=N–C) groups is 1. The first-order valence-corrected chi connectivity index (χ1v) is 5.75. The first-order chi connectivity index (χ1) is 8.85. The van der Waals surface area contributed by atoms with Crippen molar-refractivity contribution in [1.29, 1.82) is 0 Å². The van der Waals surface area contributed by atoms with Crippen molar-refractivity contribution < 1.29 is 0 Å². The van der Waals surface area contributed by atoms with Gasteiger partial charge < -0.3 is 0 Å². The molecule has 18 heavy (non-hydrogen) atoms. The molecule has 0 aliphatic carbocycles. The van der Waals surface area contributed by atoms with Gasteiger partial charge in [-0.2, -0.15) is 0 Å². The van der Waals surface area contributed by atoms with Crippen LogP contribution in [0.15, 0.2) is 54.2 Å². The van der Waals surface area contributed by atoms with E-state index in [1.54, 1.807) is 6.08 Å². The number of hydrogen-bond acceptors (Lipinski definition) is 2. The van der Waals surface area contributed by atoms with Crippen LogP contribution in [0, 0.1) is 0 Å². The molecule has 0 aliphatic rings. The van der Waals surface area contributed by atoms with Gasteiger partial charge in [0.25, 0.3) is 0 Å². The van der Waals surface area contributed by atoms with Gasteiger partial charge in [-0.1, -0.05) is 43.0 Å². The van der Waals surface area contributed by atoms with Crippen LogP contribution in [0.2, 0.25) is 0 Å². The monoisotopic (exact) mass is 232 g/mol. The Kier molecular flexibility index (Phi) is 2.41. The van der Waals surface area contributed by atoms with Gasteiger partial charge in [0.15, 0.2) is 0 Å². The Bertz CT molecular complexity index is 772. The zero-order valence-corrected chi connectivity index (χ0v) is 9.93. The van der Waals surface area contributed by atoms with Crippen LogP contribution in [0.25, 0.3) is 27.8 Å². The number of fused-ring (bicyclic) bond motifs is 3. The Morgan fingerprint density at radius 3 is 2.67 bits per heavy atom. The maximum Gasteiger partial charge on any atom is 0.0781 e. The molecule has 0 bridgehead atoms. The third-order valence-electron chi connectivity index (χ3n) is 3.15. The molecule has 3 aromatic rings. The quantitative estimate of drug-likeness (QED) is 0.476. The summed E-state index contributed by atoms with van der Waals surface area (Å²) in [5, 5.41) is 3.29. The van der Waals surface area contributed by atoms with Gasteiger partial charge in [0.05, 0.1) is 11.2 Å². The fourth-order valence-electron chi connectivity index (χ4n) is 2.29. The number of pyridine rings is 1. The van der Waals surface area contributed by atoms with Gasteiger partial charge in [-0.05, 0) is 12.8 Å². The smallest absolute Gasteiger partial charge is 0.0781 e. The van der Waals surface area contributed by atoms with Crippen LogP contribution in [0.1, 0.15) is 5.56 Å². The zero-order chi connectivity index (χ0) is 12.5. The Labute approximate surface area is 105 Å². The van der Waals surface area contributed by atoms with Gasteiger partial charge in [-0.25, -0.2) is 0 Å². The Balaban J connectivity index is 2.54. The van der Waals surface area contributed by atoms with E-state index in [0.717, 1.165) is 32.9 Å². The van der Waals surface area contributed by atoms with Gasteiger partial charge in [0.1, 0.15) is 0 Å². The van der Waals surface area contributed by atoms with Crippen molar-refractivity contribution in [2.75, 3.05) is 0 Å². The Hall–Kier alpha value is -2.48. The predicted molar refractivity (Wildman–Crippen MR) is 78.5 cm³/mol. The molecule has 1 aromatic heterocycles. The van der Waals surface area contributed by atoms with Crippen LogP contribution in [0.3, 0.4) is 0 Å². The van der Waals surface area contributed by atoms with Crippen molar-refractivity contribution in [2.24, 2.45) is 4.99 Å². The summed E-state index contributed by atoms with van der Waals surface area (Å²) in [5.41, 5.74) is 2.86. The molecule has 0 amide bonds. The fraction of sp³-hybridized carbons (Fsp3) is 0. The molecule has 0 aliphatic heterocycles.